The van der Waals surface area contributed by atoms with Gasteiger partial charge in [0.25, 0.3) is 0 Å². The zero-order valence-corrected chi connectivity index (χ0v) is 14.5. The molecule has 1 aromatic carbocycles. The first kappa shape index (κ1) is 17.8. The van der Waals surface area contributed by atoms with E-state index in [9.17, 15) is 4.79 Å². The van der Waals surface area contributed by atoms with Gasteiger partial charge in [0.1, 0.15) is 6.33 Å². The highest BCUT2D eigenvalue weighted by Crippen LogP contribution is 2.20. The number of aryl methyl sites for hydroxylation is 1. The van der Waals surface area contributed by atoms with Crippen LogP contribution in [0.3, 0.4) is 0 Å². The monoisotopic (exact) mass is 353 g/mol. The van der Waals surface area contributed by atoms with E-state index in [2.05, 4.69) is 20.8 Å². The Morgan fingerprint density at radius 3 is 3.09 bits per heavy atom. The summed E-state index contributed by atoms with van der Waals surface area (Å²) in [6, 6.07) is 7.94. The quantitative estimate of drug-likeness (QED) is 0.878. The topological polar surface area (TPSA) is 71.8 Å². The molecule has 1 aliphatic heterocycles. The van der Waals surface area contributed by atoms with Gasteiger partial charge in [0.05, 0.1) is 0 Å². The highest BCUT2D eigenvalue weighted by molar-refractivity contribution is 7.99. The zero-order chi connectivity index (χ0) is 15.4. The first-order valence-electron chi connectivity index (χ1n) is 7.28. The van der Waals surface area contributed by atoms with E-state index in [1.54, 1.807) is 6.33 Å². The van der Waals surface area contributed by atoms with Gasteiger partial charge in [-0.1, -0.05) is 12.1 Å². The second-order valence-corrected chi connectivity index (χ2v) is 6.47. The van der Waals surface area contributed by atoms with Crippen LogP contribution in [-0.4, -0.2) is 44.8 Å². The highest BCUT2D eigenvalue weighted by Gasteiger charge is 2.17. The van der Waals surface area contributed by atoms with E-state index in [-0.39, 0.29) is 24.4 Å². The average Bonchev–Trinajstić information content (AvgIpc) is 2.94. The first-order chi connectivity index (χ1) is 10.7. The van der Waals surface area contributed by atoms with Gasteiger partial charge in [-0.2, -0.15) is 11.8 Å². The molecule has 1 unspecified atom stereocenters. The maximum absolute atomic E-state index is 12.2. The number of aromatic nitrogens is 3. The lowest BCUT2D eigenvalue weighted by Crippen LogP contribution is -2.39. The predicted molar refractivity (Wildman–Crippen MR) is 96.0 cm³/mol. The molecule has 1 aliphatic rings. The number of benzene rings is 1. The summed E-state index contributed by atoms with van der Waals surface area (Å²) in [5.41, 5.74) is 1.72. The number of carbonyl (C=O) groups excluding carboxylic acids is 1. The summed E-state index contributed by atoms with van der Waals surface area (Å²) in [5.74, 6) is 2.93. The Labute approximate surface area is 145 Å². The van der Waals surface area contributed by atoms with Crippen LogP contribution in [-0.2, 0) is 11.8 Å². The van der Waals surface area contributed by atoms with Crippen molar-refractivity contribution >= 4 is 35.8 Å². The van der Waals surface area contributed by atoms with Gasteiger partial charge in [-0.25, -0.2) is 0 Å². The predicted octanol–water partition coefficient (Wildman–Crippen LogP) is 1.94. The molecule has 0 spiro atoms. The van der Waals surface area contributed by atoms with Crippen LogP contribution in [0, 0.1) is 0 Å². The van der Waals surface area contributed by atoms with Crippen LogP contribution < -0.4 is 10.6 Å². The Balaban J connectivity index is 0.00000192. The summed E-state index contributed by atoms with van der Waals surface area (Å²) in [6.07, 6.45) is 2.16. The third-order valence-corrected chi connectivity index (χ3v) is 4.68. The Morgan fingerprint density at radius 1 is 1.52 bits per heavy atom. The van der Waals surface area contributed by atoms with E-state index in [1.165, 1.54) is 0 Å². The number of anilines is 1. The molecular weight excluding hydrogens is 334 g/mol. The molecule has 124 valence electrons. The normalized spacial score (nSPS) is 17.3. The van der Waals surface area contributed by atoms with Gasteiger partial charge < -0.3 is 15.2 Å². The molecule has 0 bridgehead atoms. The molecule has 1 saturated heterocycles. The lowest BCUT2D eigenvalue weighted by molar-refractivity contribution is -0.116. The Hall–Kier alpha value is -1.57. The molecule has 1 fully saturated rings. The van der Waals surface area contributed by atoms with Crippen molar-refractivity contribution in [3.63, 3.8) is 0 Å². The lowest BCUT2D eigenvalue weighted by Gasteiger charge is -2.22. The van der Waals surface area contributed by atoms with Gasteiger partial charge in [-0.05, 0) is 12.1 Å². The number of hydrogen-bond donors (Lipinski definition) is 2. The molecule has 2 heterocycles. The van der Waals surface area contributed by atoms with E-state index in [0.29, 0.717) is 6.42 Å². The minimum Gasteiger partial charge on any atom is -0.326 e. The fraction of sp³-hybridized carbons (Fsp3) is 0.400. The minimum atomic E-state index is 0. The zero-order valence-electron chi connectivity index (χ0n) is 12.9. The van der Waals surface area contributed by atoms with E-state index in [0.717, 1.165) is 35.1 Å². The van der Waals surface area contributed by atoms with Crippen molar-refractivity contribution in [1.82, 2.24) is 20.1 Å². The molecule has 1 aromatic heterocycles. The lowest BCUT2D eigenvalue weighted by atomic mass is 10.1. The summed E-state index contributed by atoms with van der Waals surface area (Å²) < 4.78 is 1.85. The van der Waals surface area contributed by atoms with Crippen LogP contribution in [0.4, 0.5) is 5.69 Å². The molecule has 2 N–H and O–H groups in total. The molecule has 3 rings (SSSR count). The van der Waals surface area contributed by atoms with E-state index in [1.807, 2.05) is 47.6 Å². The fourth-order valence-electron chi connectivity index (χ4n) is 2.47. The van der Waals surface area contributed by atoms with Crippen LogP contribution >= 0.6 is 24.2 Å². The van der Waals surface area contributed by atoms with Gasteiger partial charge in [0.15, 0.2) is 5.82 Å². The van der Waals surface area contributed by atoms with E-state index in [4.69, 9.17) is 0 Å². The summed E-state index contributed by atoms with van der Waals surface area (Å²) in [7, 11) is 1.90. The summed E-state index contributed by atoms with van der Waals surface area (Å²) in [6.45, 7) is 0.976. The summed E-state index contributed by atoms with van der Waals surface area (Å²) in [4.78, 5) is 12.2. The standard InChI is InChI=1S/C15H19N5OS.ClH/c1-20-10-17-19-15(20)11-3-2-4-12(7-11)18-14(21)8-13-9-22-6-5-16-13;/h2-4,7,10,13,16H,5-6,8-9H2,1H3,(H,18,21);1H. The number of amides is 1. The molecular formula is C15H20ClN5OS. The van der Waals surface area contributed by atoms with E-state index >= 15 is 0 Å². The number of halogens is 1. The summed E-state index contributed by atoms with van der Waals surface area (Å²) in [5, 5.41) is 14.3. The molecule has 0 aliphatic carbocycles. The molecule has 0 saturated carbocycles. The van der Waals surface area contributed by atoms with Crippen LogP contribution in [0.5, 0.6) is 0 Å². The molecule has 8 heteroatoms. The third kappa shape index (κ3) is 4.70. The molecule has 1 amide bonds. The highest BCUT2D eigenvalue weighted by atomic mass is 35.5. The van der Waals surface area contributed by atoms with Gasteiger partial charge >= 0.3 is 0 Å². The van der Waals surface area contributed by atoms with Gasteiger partial charge in [0.2, 0.25) is 5.91 Å². The first-order valence-corrected chi connectivity index (χ1v) is 8.43. The SMILES string of the molecule is Cl.Cn1cnnc1-c1cccc(NC(=O)CC2CSCCN2)c1. The molecule has 6 nitrogen and oxygen atoms in total. The molecule has 23 heavy (non-hydrogen) atoms. The Kier molecular flexibility index (Phi) is 6.44. The fourth-order valence-corrected chi connectivity index (χ4v) is 3.42. The maximum Gasteiger partial charge on any atom is 0.225 e. The number of nitrogens with one attached hydrogen (secondary N) is 2. The number of carbonyl (C=O) groups is 1. The van der Waals surface area contributed by atoms with Crippen molar-refractivity contribution in [2.45, 2.75) is 12.5 Å². The second-order valence-electron chi connectivity index (χ2n) is 5.32. The maximum atomic E-state index is 12.2. The Morgan fingerprint density at radius 2 is 2.39 bits per heavy atom. The van der Waals surface area contributed by atoms with Crippen molar-refractivity contribution in [3.05, 3.63) is 30.6 Å². The van der Waals surface area contributed by atoms with Crippen LogP contribution in [0.25, 0.3) is 11.4 Å². The van der Waals surface area contributed by atoms with Crippen molar-refractivity contribution in [2.24, 2.45) is 7.05 Å². The minimum absolute atomic E-state index is 0. The van der Waals surface area contributed by atoms with Crippen molar-refractivity contribution in [1.29, 1.82) is 0 Å². The van der Waals surface area contributed by atoms with Gasteiger partial charge in [-0.15, -0.1) is 22.6 Å². The van der Waals surface area contributed by atoms with Crippen molar-refractivity contribution < 1.29 is 4.79 Å². The summed E-state index contributed by atoms with van der Waals surface area (Å²) >= 11 is 1.89. The van der Waals surface area contributed by atoms with Gasteiger partial charge in [-0.3, -0.25) is 4.79 Å². The number of thioether (sulfide) groups is 1. The van der Waals surface area contributed by atoms with Crippen LogP contribution in [0.15, 0.2) is 30.6 Å². The van der Waals surface area contributed by atoms with Crippen LogP contribution in [0.2, 0.25) is 0 Å². The smallest absolute Gasteiger partial charge is 0.225 e. The van der Waals surface area contributed by atoms with Gasteiger partial charge in [0, 0.05) is 48.8 Å². The van der Waals surface area contributed by atoms with Crippen molar-refractivity contribution in [2.75, 3.05) is 23.4 Å². The number of hydrogen-bond acceptors (Lipinski definition) is 5. The number of nitrogens with zero attached hydrogens (tertiary/aromatic N) is 3. The Bertz CT molecular complexity index is 657. The third-order valence-electron chi connectivity index (χ3n) is 3.55. The van der Waals surface area contributed by atoms with E-state index < -0.39 is 0 Å². The molecule has 0 radical (unpaired) electrons. The average molecular weight is 354 g/mol. The van der Waals surface area contributed by atoms with Crippen molar-refractivity contribution in [3.8, 4) is 11.4 Å². The second kappa shape index (κ2) is 8.33. The molecule has 1 atom stereocenters. The molecule has 2 aromatic rings. The number of rotatable bonds is 4. The van der Waals surface area contributed by atoms with Crippen LogP contribution in [0.1, 0.15) is 6.42 Å². The largest absolute Gasteiger partial charge is 0.326 e.